The summed E-state index contributed by atoms with van der Waals surface area (Å²) >= 11 is 0. The van der Waals surface area contributed by atoms with Gasteiger partial charge in [0.05, 0.1) is 6.04 Å². The van der Waals surface area contributed by atoms with E-state index in [1.165, 1.54) is 0 Å². The largest absolute Gasteiger partial charge is 0.351 e. The molecule has 0 heterocycles. The van der Waals surface area contributed by atoms with Crippen molar-refractivity contribution in [3.05, 3.63) is 0 Å². The number of carbonyl (C=O) groups is 2. The van der Waals surface area contributed by atoms with Crippen molar-refractivity contribution in [2.24, 2.45) is 17.2 Å². The van der Waals surface area contributed by atoms with Gasteiger partial charge in [-0.15, -0.1) is 0 Å². The Kier molecular flexibility index (Phi) is 4.98. The Morgan fingerprint density at radius 3 is 2.42 bits per heavy atom. The lowest BCUT2D eigenvalue weighted by Crippen LogP contribution is -2.45. The second-order valence-corrected chi connectivity index (χ2v) is 2.39. The van der Waals surface area contributed by atoms with Gasteiger partial charge in [0.15, 0.2) is 0 Å². The maximum atomic E-state index is 10.9. The van der Waals surface area contributed by atoms with Crippen LogP contribution in [0.15, 0.2) is 0 Å². The minimum absolute atomic E-state index is 0.454. The summed E-state index contributed by atoms with van der Waals surface area (Å²) in [5.41, 5.74) is 15.3. The van der Waals surface area contributed by atoms with Crippen LogP contribution in [-0.2, 0) is 4.79 Å². The fourth-order valence-electron chi connectivity index (χ4n) is 0.683. The highest BCUT2D eigenvalue weighted by atomic mass is 16.2. The Balaban J connectivity index is 3.69. The van der Waals surface area contributed by atoms with Gasteiger partial charge in [-0.2, -0.15) is 0 Å². The first-order valence-electron chi connectivity index (χ1n) is 3.64. The molecule has 3 amide bonds. The van der Waals surface area contributed by atoms with Crippen LogP contribution in [-0.4, -0.2) is 24.5 Å². The van der Waals surface area contributed by atoms with E-state index in [1.807, 2.05) is 5.32 Å². The molecule has 0 bridgehead atoms. The number of nitrogens with one attached hydrogen (secondary N) is 1. The number of carbonyl (C=O) groups excluding carboxylic acids is 2. The molecule has 0 fully saturated rings. The van der Waals surface area contributed by atoms with Gasteiger partial charge < -0.3 is 17.2 Å². The second-order valence-electron chi connectivity index (χ2n) is 2.39. The molecule has 12 heavy (non-hydrogen) atoms. The van der Waals surface area contributed by atoms with Gasteiger partial charge in [-0.1, -0.05) is 0 Å². The monoisotopic (exact) mass is 174 g/mol. The molecule has 1 unspecified atom stereocenters. The summed E-state index contributed by atoms with van der Waals surface area (Å²) in [5, 5.41) is 1.89. The van der Waals surface area contributed by atoms with E-state index in [-0.39, 0.29) is 0 Å². The van der Waals surface area contributed by atoms with Crippen molar-refractivity contribution < 1.29 is 9.59 Å². The van der Waals surface area contributed by atoms with Gasteiger partial charge in [0, 0.05) is 0 Å². The fourth-order valence-corrected chi connectivity index (χ4v) is 0.683. The van der Waals surface area contributed by atoms with Crippen molar-refractivity contribution in [2.75, 3.05) is 6.54 Å². The molecule has 6 nitrogen and oxygen atoms in total. The van der Waals surface area contributed by atoms with E-state index in [9.17, 15) is 9.59 Å². The van der Waals surface area contributed by atoms with Crippen molar-refractivity contribution >= 4 is 11.9 Å². The molecule has 1 atom stereocenters. The first-order valence-corrected chi connectivity index (χ1v) is 3.64. The highest BCUT2D eigenvalue weighted by Gasteiger charge is 2.13. The molecule has 0 aliphatic heterocycles. The molecule has 0 saturated heterocycles. The zero-order valence-electron chi connectivity index (χ0n) is 6.75. The summed E-state index contributed by atoms with van der Waals surface area (Å²) in [6, 6.07) is -1.59. The normalized spacial score (nSPS) is 12.2. The zero-order valence-corrected chi connectivity index (χ0v) is 6.75. The van der Waals surface area contributed by atoms with E-state index in [0.29, 0.717) is 19.4 Å². The van der Waals surface area contributed by atoms with Crippen molar-refractivity contribution in [3.63, 3.8) is 0 Å². The predicted molar refractivity (Wildman–Crippen MR) is 44.0 cm³/mol. The Morgan fingerprint density at radius 1 is 1.42 bits per heavy atom. The molecular weight excluding hydrogens is 160 g/mol. The van der Waals surface area contributed by atoms with Crippen molar-refractivity contribution in [1.82, 2.24) is 5.32 Å². The van der Waals surface area contributed by atoms with Gasteiger partial charge in [-0.25, -0.2) is 4.79 Å². The number of imide groups is 1. The summed E-state index contributed by atoms with van der Waals surface area (Å²) in [7, 11) is 0. The molecule has 0 aliphatic rings. The third kappa shape index (κ3) is 4.64. The third-order valence-electron chi connectivity index (χ3n) is 1.30. The number of amides is 3. The molecule has 0 aromatic rings. The molecule has 0 saturated carbocycles. The summed E-state index contributed by atoms with van der Waals surface area (Å²) in [4.78, 5) is 21.1. The minimum atomic E-state index is -0.886. The van der Waals surface area contributed by atoms with Gasteiger partial charge in [0.2, 0.25) is 5.91 Å². The lowest BCUT2D eigenvalue weighted by molar-refractivity contribution is -0.121. The molecule has 0 spiro atoms. The van der Waals surface area contributed by atoms with Crippen molar-refractivity contribution in [1.29, 1.82) is 0 Å². The molecule has 7 N–H and O–H groups in total. The Hall–Kier alpha value is -1.14. The second kappa shape index (κ2) is 5.50. The quantitative estimate of drug-likeness (QED) is 0.403. The summed E-state index contributed by atoms with van der Waals surface area (Å²) in [6.07, 6.45) is 1.10. The van der Waals surface area contributed by atoms with E-state index >= 15 is 0 Å². The predicted octanol–water partition coefficient (Wildman–Crippen LogP) is -1.75. The van der Waals surface area contributed by atoms with Crippen LogP contribution in [0.4, 0.5) is 4.79 Å². The first-order chi connectivity index (χ1) is 5.57. The van der Waals surface area contributed by atoms with Crippen LogP contribution in [0.2, 0.25) is 0 Å². The number of rotatable bonds is 4. The molecule has 6 heteroatoms. The minimum Gasteiger partial charge on any atom is -0.351 e. The summed E-state index contributed by atoms with van der Waals surface area (Å²) < 4.78 is 0. The van der Waals surface area contributed by atoms with Gasteiger partial charge in [0.25, 0.3) is 0 Å². The molecule has 0 aliphatic carbocycles. The standard InChI is InChI=1S/C6H14N4O2/c7-3-1-2-4(8)5(11)10-6(9)12/h4H,1-3,7-8H2,(H3,9,10,11,12). The molecule has 0 aromatic carbocycles. The van der Waals surface area contributed by atoms with E-state index < -0.39 is 18.0 Å². The van der Waals surface area contributed by atoms with Crippen LogP contribution < -0.4 is 22.5 Å². The number of primary amides is 1. The molecule has 0 aromatic heterocycles. The molecule has 0 rings (SSSR count). The number of hydrogen-bond acceptors (Lipinski definition) is 4. The van der Waals surface area contributed by atoms with Gasteiger partial charge in [0.1, 0.15) is 0 Å². The first kappa shape index (κ1) is 10.9. The number of hydrogen-bond donors (Lipinski definition) is 4. The van der Waals surface area contributed by atoms with Crippen LogP contribution in [0.1, 0.15) is 12.8 Å². The van der Waals surface area contributed by atoms with Crippen molar-refractivity contribution in [2.45, 2.75) is 18.9 Å². The number of nitrogens with two attached hydrogens (primary N) is 3. The molecule has 70 valence electrons. The third-order valence-corrected chi connectivity index (χ3v) is 1.30. The van der Waals surface area contributed by atoms with Gasteiger partial charge in [-0.05, 0) is 19.4 Å². The van der Waals surface area contributed by atoms with Crippen molar-refractivity contribution in [3.8, 4) is 0 Å². The lowest BCUT2D eigenvalue weighted by Gasteiger charge is -2.08. The lowest BCUT2D eigenvalue weighted by atomic mass is 10.1. The van der Waals surface area contributed by atoms with Crippen LogP contribution in [0.5, 0.6) is 0 Å². The summed E-state index contributed by atoms with van der Waals surface area (Å²) in [6.45, 7) is 0.470. The molecule has 0 radical (unpaired) electrons. The Morgan fingerprint density at radius 2 is 2.00 bits per heavy atom. The Labute approximate surface area is 70.5 Å². The SMILES string of the molecule is NCCCC(N)C(=O)NC(N)=O. The average Bonchev–Trinajstić information content (AvgIpc) is 1.98. The van der Waals surface area contributed by atoms with E-state index in [2.05, 4.69) is 0 Å². The fraction of sp³-hybridized carbons (Fsp3) is 0.667. The van der Waals surface area contributed by atoms with E-state index in [1.54, 1.807) is 0 Å². The summed E-state index contributed by atoms with van der Waals surface area (Å²) in [5.74, 6) is -0.559. The smallest absolute Gasteiger partial charge is 0.318 e. The molecular formula is C6H14N4O2. The van der Waals surface area contributed by atoms with Crippen LogP contribution in [0, 0.1) is 0 Å². The topological polar surface area (TPSA) is 124 Å². The van der Waals surface area contributed by atoms with E-state index in [4.69, 9.17) is 17.2 Å². The highest BCUT2D eigenvalue weighted by Crippen LogP contribution is 1.91. The van der Waals surface area contributed by atoms with Crippen LogP contribution >= 0.6 is 0 Å². The maximum Gasteiger partial charge on any atom is 0.318 e. The van der Waals surface area contributed by atoms with E-state index in [0.717, 1.165) is 0 Å². The maximum absolute atomic E-state index is 10.9. The average molecular weight is 174 g/mol. The zero-order chi connectivity index (χ0) is 9.56. The van der Waals surface area contributed by atoms with Crippen LogP contribution in [0.25, 0.3) is 0 Å². The van der Waals surface area contributed by atoms with Gasteiger partial charge >= 0.3 is 6.03 Å². The van der Waals surface area contributed by atoms with Crippen LogP contribution in [0.3, 0.4) is 0 Å². The Bertz CT molecular complexity index is 171. The highest BCUT2D eigenvalue weighted by molar-refractivity contribution is 5.96. The number of urea groups is 1. The van der Waals surface area contributed by atoms with Gasteiger partial charge in [-0.3, -0.25) is 10.1 Å².